The Hall–Kier alpha value is -1.94. The van der Waals surface area contributed by atoms with Crippen LogP contribution < -0.4 is 5.32 Å². The van der Waals surface area contributed by atoms with Gasteiger partial charge in [-0.15, -0.1) is 5.10 Å². The average Bonchev–Trinajstić information content (AvgIpc) is 3.39. The van der Waals surface area contributed by atoms with Crippen molar-refractivity contribution in [3.63, 3.8) is 0 Å². The molecule has 2 aromatic heterocycles. The van der Waals surface area contributed by atoms with Crippen molar-refractivity contribution in [1.29, 1.82) is 0 Å². The van der Waals surface area contributed by atoms with Crippen LogP contribution in [0.4, 0.5) is 0 Å². The lowest BCUT2D eigenvalue weighted by atomic mass is 9.99. The SMILES string of the molecule is CC1CCN(Cc2nnnn2CCCC(=O)NCc2cn3c(n2)SCC3)CC1. The highest BCUT2D eigenvalue weighted by Gasteiger charge is 2.18. The minimum Gasteiger partial charge on any atom is -0.350 e. The number of fused-ring (bicyclic) bond motifs is 1. The van der Waals surface area contributed by atoms with Gasteiger partial charge in [0.1, 0.15) is 0 Å². The maximum absolute atomic E-state index is 12.1. The molecule has 0 aromatic carbocycles. The molecule has 0 aliphatic carbocycles. The summed E-state index contributed by atoms with van der Waals surface area (Å²) in [6.45, 7) is 7.46. The predicted molar refractivity (Wildman–Crippen MR) is 106 cm³/mol. The number of carbonyl (C=O) groups is 1. The summed E-state index contributed by atoms with van der Waals surface area (Å²) in [7, 11) is 0. The first-order chi connectivity index (χ1) is 13.7. The largest absolute Gasteiger partial charge is 0.350 e. The molecule has 0 radical (unpaired) electrons. The van der Waals surface area contributed by atoms with Crippen LogP contribution >= 0.6 is 11.8 Å². The molecule has 28 heavy (non-hydrogen) atoms. The summed E-state index contributed by atoms with van der Waals surface area (Å²) in [6.07, 6.45) is 5.68. The van der Waals surface area contributed by atoms with E-state index in [1.54, 1.807) is 11.8 Å². The number of aryl methyl sites for hydroxylation is 2. The number of amides is 1. The van der Waals surface area contributed by atoms with E-state index in [-0.39, 0.29) is 5.91 Å². The summed E-state index contributed by atoms with van der Waals surface area (Å²) >= 11 is 1.76. The van der Waals surface area contributed by atoms with Crippen LogP contribution in [0.5, 0.6) is 0 Å². The molecule has 1 N–H and O–H groups in total. The van der Waals surface area contributed by atoms with E-state index < -0.39 is 0 Å². The fourth-order valence-corrected chi connectivity index (χ4v) is 4.61. The van der Waals surface area contributed by atoms with Crippen molar-refractivity contribution in [1.82, 2.24) is 40.0 Å². The first-order valence-electron chi connectivity index (χ1n) is 10.1. The van der Waals surface area contributed by atoms with Crippen LogP contribution in [0.2, 0.25) is 0 Å². The molecule has 4 rings (SSSR count). The van der Waals surface area contributed by atoms with E-state index in [1.807, 2.05) is 10.9 Å². The standard InChI is InChI=1S/C18H28N8OS/c1-14-4-7-24(8-5-14)13-16-21-22-23-26(16)6-2-3-17(27)19-11-15-12-25-9-10-28-18(25)20-15/h12,14H,2-11,13H2,1H3,(H,19,27). The number of tetrazole rings is 1. The maximum Gasteiger partial charge on any atom is 0.220 e. The number of nitrogens with one attached hydrogen (secondary N) is 1. The van der Waals surface area contributed by atoms with Gasteiger partial charge >= 0.3 is 0 Å². The molecular formula is C18H28N8OS. The van der Waals surface area contributed by atoms with Gasteiger partial charge in [0.2, 0.25) is 5.91 Å². The predicted octanol–water partition coefficient (Wildman–Crippen LogP) is 1.30. The number of hydrogen-bond acceptors (Lipinski definition) is 7. The summed E-state index contributed by atoms with van der Waals surface area (Å²) in [5.74, 6) is 2.83. The molecule has 1 amide bonds. The highest BCUT2D eigenvalue weighted by Crippen LogP contribution is 2.24. The summed E-state index contributed by atoms with van der Waals surface area (Å²) < 4.78 is 3.98. The van der Waals surface area contributed by atoms with Gasteiger partial charge < -0.3 is 9.88 Å². The Morgan fingerprint density at radius 3 is 3.00 bits per heavy atom. The molecule has 0 unspecified atom stereocenters. The Labute approximate surface area is 169 Å². The second-order valence-corrected chi connectivity index (χ2v) is 8.78. The van der Waals surface area contributed by atoms with E-state index in [0.29, 0.717) is 19.5 Å². The van der Waals surface area contributed by atoms with Crippen LogP contribution in [0, 0.1) is 5.92 Å². The molecule has 0 bridgehead atoms. The third-order valence-electron chi connectivity index (χ3n) is 5.44. The number of hydrogen-bond donors (Lipinski definition) is 1. The molecule has 152 valence electrons. The summed E-state index contributed by atoms with van der Waals surface area (Å²) in [6, 6.07) is 0. The van der Waals surface area contributed by atoms with Crippen molar-refractivity contribution in [3.05, 3.63) is 17.7 Å². The smallest absolute Gasteiger partial charge is 0.220 e. The molecule has 0 spiro atoms. The van der Waals surface area contributed by atoms with E-state index in [9.17, 15) is 4.79 Å². The first-order valence-corrected chi connectivity index (χ1v) is 11.1. The number of aromatic nitrogens is 6. The zero-order valence-electron chi connectivity index (χ0n) is 16.4. The number of thioether (sulfide) groups is 1. The summed E-state index contributed by atoms with van der Waals surface area (Å²) in [4.78, 5) is 19.1. The molecule has 1 fully saturated rings. The van der Waals surface area contributed by atoms with E-state index in [0.717, 1.165) is 60.9 Å². The number of piperidine rings is 1. The van der Waals surface area contributed by atoms with E-state index in [1.165, 1.54) is 12.8 Å². The molecule has 2 aromatic rings. The number of imidazole rings is 1. The van der Waals surface area contributed by atoms with Crippen molar-refractivity contribution < 1.29 is 4.79 Å². The van der Waals surface area contributed by atoms with E-state index in [4.69, 9.17) is 0 Å². The molecular weight excluding hydrogens is 376 g/mol. The van der Waals surface area contributed by atoms with Gasteiger partial charge in [0.25, 0.3) is 0 Å². The van der Waals surface area contributed by atoms with Gasteiger partial charge in [-0.1, -0.05) is 18.7 Å². The minimum atomic E-state index is 0.0421. The highest BCUT2D eigenvalue weighted by atomic mass is 32.2. The van der Waals surface area contributed by atoms with Crippen molar-refractivity contribution in [2.45, 2.75) is 63.9 Å². The Morgan fingerprint density at radius 2 is 2.18 bits per heavy atom. The quantitative estimate of drug-likeness (QED) is 0.709. The first kappa shape index (κ1) is 19.4. The Morgan fingerprint density at radius 1 is 1.32 bits per heavy atom. The normalized spacial score (nSPS) is 17.8. The minimum absolute atomic E-state index is 0.0421. The lowest BCUT2D eigenvalue weighted by Gasteiger charge is -2.29. The van der Waals surface area contributed by atoms with Gasteiger partial charge in [0.05, 0.1) is 18.8 Å². The number of likely N-dealkylation sites (tertiary alicyclic amines) is 1. The molecule has 0 atom stereocenters. The average molecular weight is 405 g/mol. The lowest BCUT2D eigenvalue weighted by Crippen LogP contribution is -2.33. The molecule has 9 nitrogen and oxygen atoms in total. The number of nitrogens with zero attached hydrogens (tertiary/aromatic N) is 7. The summed E-state index contributed by atoms with van der Waals surface area (Å²) in [5, 5.41) is 16.1. The molecule has 1 saturated heterocycles. The van der Waals surface area contributed by atoms with Gasteiger partial charge in [-0.05, 0) is 48.7 Å². The van der Waals surface area contributed by atoms with Crippen LogP contribution in [0.15, 0.2) is 11.4 Å². The molecule has 10 heteroatoms. The zero-order valence-corrected chi connectivity index (χ0v) is 17.2. The number of carbonyl (C=O) groups excluding carboxylic acids is 1. The van der Waals surface area contributed by atoms with Crippen LogP contribution in [-0.4, -0.2) is 59.4 Å². The monoisotopic (exact) mass is 404 g/mol. The van der Waals surface area contributed by atoms with Gasteiger partial charge in [0.15, 0.2) is 11.0 Å². The molecule has 0 saturated carbocycles. The van der Waals surface area contributed by atoms with Crippen molar-refractivity contribution in [2.75, 3.05) is 18.8 Å². The number of rotatable bonds is 8. The third kappa shape index (κ3) is 4.91. The topological polar surface area (TPSA) is 93.8 Å². The fraction of sp³-hybridized carbons (Fsp3) is 0.722. The van der Waals surface area contributed by atoms with E-state index in [2.05, 4.69) is 42.2 Å². The van der Waals surface area contributed by atoms with Crippen LogP contribution in [0.3, 0.4) is 0 Å². The van der Waals surface area contributed by atoms with Crippen molar-refractivity contribution >= 4 is 17.7 Å². The Kier molecular flexibility index (Phi) is 6.26. The Bertz CT molecular complexity index is 774. The molecule has 2 aliphatic rings. The van der Waals surface area contributed by atoms with Crippen molar-refractivity contribution in [3.8, 4) is 0 Å². The van der Waals surface area contributed by atoms with Crippen LogP contribution in [0.1, 0.15) is 44.1 Å². The lowest BCUT2D eigenvalue weighted by molar-refractivity contribution is -0.121. The van der Waals surface area contributed by atoms with Crippen LogP contribution in [-0.2, 0) is 31.0 Å². The molecule has 4 heterocycles. The van der Waals surface area contributed by atoms with Crippen molar-refractivity contribution in [2.24, 2.45) is 5.92 Å². The second kappa shape index (κ2) is 9.04. The Balaban J connectivity index is 1.17. The maximum atomic E-state index is 12.1. The second-order valence-electron chi connectivity index (χ2n) is 7.71. The highest BCUT2D eigenvalue weighted by molar-refractivity contribution is 7.99. The fourth-order valence-electron chi connectivity index (χ4n) is 3.64. The van der Waals surface area contributed by atoms with Gasteiger partial charge in [-0.3, -0.25) is 9.69 Å². The summed E-state index contributed by atoms with van der Waals surface area (Å²) in [5.41, 5.74) is 0.925. The van der Waals surface area contributed by atoms with Crippen LogP contribution in [0.25, 0.3) is 0 Å². The van der Waals surface area contributed by atoms with Gasteiger partial charge in [-0.2, -0.15) is 0 Å². The van der Waals surface area contributed by atoms with Gasteiger partial charge in [-0.25, -0.2) is 9.67 Å². The van der Waals surface area contributed by atoms with E-state index >= 15 is 0 Å². The third-order valence-corrected chi connectivity index (χ3v) is 6.41. The molecule has 2 aliphatic heterocycles. The van der Waals surface area contributed by atoms with Gasteiger partial charge in [0, 0.05) is 31.5 Å². The zero-order chi connectivity index (χ0) is 19.3.